The molecule has 0 radical (unpaired) electrons. The van der Waals surface area contributed by atoms with Crippen LogP contribution in [0.5, 0.6) is 0 Å². The highest BCUT2D eigenvalue weighted by atomic mass is 16.4. The van der Waals surface area contributed by atoms with Gasteiger partial charge in [-0.3, -0.25) is 4.79 Å². The molecule has 1 aromatic carbocycles. The van der Waals surface area contributed by atoms with Crippen LogP contribution in [0.15, 0.2) is 24.3 Å². The van der Waals surface area contributed by atoms with Gasteiger partial charge >= 0.3 is 18.0 Å². The second-order valence-corrected chi connectivity index (χ2v) is 3.54. The van der Waals surface area contributed by atoms with Gasteiger partial charge < -0.3 is 20.8 Å². The number of carbonyl (C=O) groups excluding carboxylic acids is 1. The fourth-order valence-corrected chi connectivity index (χ4v) is 1.16. The third-order valence-electron chi connectivity index (χ3n) is 2.09. The summed E-state index contributed by atoms with van der Waals surface area (Å²) in [6.07, 6.45) is 0. The molecule has 7 nitrogen and oxygen atoms in total. The van der Waals surface area contributed by atoms with E-state index in [9.17, 15) is 14.4 Å². The van der Waals surface area contributed by atoms with Crippen LogP contribution in [0.3, 0.4) is 0 Å². The Labute approximate surface area is 102 Å². The van der Waals surface area contributed by atoms with Crippen LogP contribution >= 0.6 is 0 Å². The van der Waals surface area contributed by atoms with E-state index in [-0.39, 0.29) is 11.3 Å². The molecule has 1 atom stereocenters. The summed E-state index contributed by atoms with van der Waals surface area (Å²) in [4.78, 5) is 32.6. The molecule has 0 saturated carbocycles. The van der Waals surface area contributed by atoms with Gasteiger partial charge in [-0.05, 0) is 25.1 Å². The molecule has 96 valence electrons. The average molecular weight is 252 g/mol. The Morgan fingerprint density at radius 2 is 1.89 bits per heavy atom. The van der Waals surface area contributed by atoms with Gasteiger partial charge in [-0.25, -0.2) is 9.59 Å². The first kappa shape index (κ1) is 13.5. The Bertz CT molecular complexity index is 486. The van der Waals surface area contributed by atoms with E-state index >= 15 is 0 Å². The zero-order valence-electron chi connectivity index (χ0n) is 9.51. The van der Waals surface area contributed by atoms with Crippen LogP contribution < -0.4 is 10.6 Å². The molecule has 0 aliphatic rings. The molecule has 1 rings (SSSR count). The van der Waals surface area contributed by atoms with Gasteiger partial charge in [0.05, 0.1) is 5.56 Å². The minimum atomic E-state index is -1.16. The van der Waals surface area contributed by atoms with Crippen molar-refractivity contribution in [3.8, 4) is 0 Å². The lowest BCUT2D eigenvalue weighted by atomic mass is 10.2. The van der Waals surface area contributed by atoms with Crippen molar-refractivity contribution >= 4 is 23.7 Å². The monoisotopic (exact) mass is 252 g/mol. The van der Waals surface area contributed by atoms with Crippen LogP contribution in [-0.2, 0) is 4.79 Å². The van der Waals surface area contributed by atoms with E-state index in [0.717, 1.165) is 0 Å². The predicted octanol–water partition coefficient (Wildman–Crippen LogP) is 0.979. The van der Waals surface area contributed by atoms with Gasteiger partial charge in [0.2, 0.25) is 0 Å². The number of carbonyl (C=O) groups is 3. The molecule has 0 fully saturated rings. The van der Waals surface area contributed by atoms with Crippen molar-refractivity contribution < 1.29 is 24.6 Å². The molecule has 18 heavy (non-hydrogen) atoms. The highest BCUT2D eigenvalue weighted by molar-refractivity contribution is 5.94. The van der Waals surface area contributed by atoms with Gasteiger partial charge in [0.1, 0.15) is 6.04 Å². The average Bonchev–Trinajstić information content (AvgIpc) is 2.28. The summed E-state index contributed by atoms with van der Waals surface area (Å²) in [5, 5.41) is 21.9. The number of carboxylic acids is 2. The molecule has 0 bridgehead atoms. The van der Waals surface area contributed by atoms with E-state index in [1.165, 1.54) is 31.2 Å². The lowest BCUT2D eigenvalue weighted by Crippen LogP contribution is -2.40. The highest BCUT2D eigenvalue weighted by Crippen LogP contribution is 2.10. The molecule has 7 heteroatoms. The molecular formula is C11H12N2O5. The van der Waals surface area contributed by atoms with Crippen molar-refractivity contribution in [3.05, 3.63) is 29.8 Å². The smallest absolute Gasteiger partial charge is 0.335 e. The summed E-state index contributed by atoms with van der Waals surface area (Å²) >= 11 is 0. The van der Waals surface area contributed by atoms with Crippen molar-refractivity contribution in [2.24, 2.45) is 0 Å². The predicted molar refractivity (Wildman–Crippen MR) is 62.7 cm³/mol. The maximum absolute atomic E-state index is 11.4. The third kappa shape index (κ3) is 3.78. The molecule has 4 N–H and O–H groups in total. The fraction of sp³-hybridized carbons (Fsp3) is 0.182. The number of aromatic carboxylic acids is 1. The Morgan fingerprint density at radius 1 is 1.22 bits per heavy atom. The van der Waals surface area contributed by atoms with Crippen LogP contribution in [0.25, 0.3) is 0 Å². The van der Waals surface area contributed by atoms with Crippen molar-refractivity contribution in [1.82, 2.24) is 5.32 Å². The molecule has 0 spiro atoms. The van der Waals surface area contributed by atoms with Crippen LogP contribution in [0.2, 0.25) is 0 Å². The minimum absolute atomic E-state index is 0.0269. The standard InChI is InChI=1S/C11H12N2O5/c1-6(9(14)15)12-11(18)13-8-4-2-3-7(5-8)10(16)17/h2-6H,1H3,(H,14,15)(H,16,17)(H2,12,13,18)/t6-/m1/s1. The molecule has 0 heterocycles. The molecule has 0 aliphatic carbocycles. The first-order valence-electron chi connectivity index (χ1n) is 5.04. The number of carboxylic acid groups (broad SMARTS) is 2. The van der Waals surface area contributed by atoms with Crippen molar-refractivity contribution in [2.45, 2.75) is 13.0 Å². The molecule has 2 amide bonds. The van der Waals surface area contributed by atoms with Crippen LogP contribution in [-0.4, -0.2) is 34.2 Å². The Kier molecular flexibility index (Phi) is 4.25. The summed E-state index contributed by atoms with van der Waals surface area (Å²) in [7, 11) is 0. The second-order valence-electron chi connectivity index (χ2n) is 3.54. The molecule has 0 saturated heterocycles. The molecule has 1 aromatic rings. The lowest BCUT2D eigenvalue weighted by Gasteiger charge is -2.10. The summed E-state index contributed by atoms with van der Waals surface area (Å²) in [5.41, 5.74) is 0.295. The topological polar surface area (TPSA) is 116 Å². The Hall–Kier alpha value is -2.57. The van der Waals surface area contributed by atoms with Crippen molar-refractivity contribution in [1.29, 1.82) is 0 Å². The second kappa shape index (κ2) is 5.67. The normalized spacial score (nSPS) is 11.4. The molecular weight excluding hydrogens is 240 g/mol. The van der Waals surface area contributed by atoms with Crippen molar-refractivity contribution in [2.75, 3.05) is 5.32 Å². The lowest BCUT2D eigenvalue weighted by molar-refractivity contribution is -0.138. The van der Waals surface area contributed by atoms with E-state index in [1.807, 2.05) is 0 Å². The van der Waals surface area contributed by atoms with E-state index in [1.54, 1.807) is 0 Å². The maximum atomic E-state index is 11.4. The van der Waals surface area contributed by atoms with Gasteiger partial charge in [-0.1, -0.05) is 6.07 Å². The number of anilines is 1. The Balaban J connectivity index is 2.67. The number of rotatable bonds is 4. The quantitative estimate of drug-likeness (QED) is 0.637. The van der Waals surface area contributed by atoms with Gasteiger partial charge in [0.25, 0.3) is 0 Å². The number of amides is 2. The Morgan fingerprint density at radius 3 is 2.44 bits per heavy atom. The first-order chi connectivity index (χ1) is 8.40. The SMILES string of the molecule is C[C@@H](NC(=O)Nc1cccc(C(=O)O)c1)C(=O)O. The zero-order chi connectivity index (χ0) is 13.7. The van der Waals surface area contributed by atoms with Gasteiger partial charge in [-0.2, -0.15) is 0 Å². The van der Waals surface area contributed by atoms with E-state index in [2.05, 4.69) is 10.6 Å². The summed E-state index contributed by atoms with van der Waals surface area (Å²) < 4.78 is 0. The minimum Gasteiger partial charge on any atom is -0.480 e. The number of aliphatic carboxylic acids is 1. The number of nitrogens with one attached hydrogen (secondary N) is 2. The van der Waals surface area contributed by atoms with Crippen LogP contribution in [0, 0.1) is 0 Å². The molecule has 0 aromatic heterocycles. The first-order valence-corrected chi connectivity index (χ1v) is 5.04. The van der Waals surface area contributed by atoms with Crippen molar-refractivity contribution in [3.63, 3.8) is 0 Å². The van der Waals surface area contributed by atoms with Gasteiger partial charge in [0, 0.05) is 5.69 Å². The van der Waals surface area contributed by atoms with Crippen LogP contribution in [0.4, 0.5) is 10.5 Å². The number of hydrogen-bond acceptors (Lipinski definition) is 3. The van der Waals surface area contributed by atoms with Crippen LogP contribution in [0.1, 0.15) is 17.3 Å². The zero-order valence-corrected chi connectivity index (χ0v) is 9.51. The molecule has 0 unspecified atom stereocenters. The third-order valence-corrected chi connectivity index (χ3v) is 2.09. The fourth-order valence-electron chi connectivity index (χ4n) is 1.16. The van der Waals surface area contributed by atoms with Gasteiger partial charge in [-0.15, -0.1) is 0 Å². The largest absolute Gasteiger partial charge is 0.480 e. The molecule has 0 aliphatic heterocycles. The number of urea groups is 1. The van der Waals surface area contributed by atoms with E-state index < -0.39 is 24.0 Å². The number of hydrogen-bond donors (Lipinski definition) is 4. The van der Waals surface area contributed by atoms with Gasteiger partial charge in [0.15, 0.2) is 0 Å². The summed E-state index contributed by atoms with van der Waals surface area (Å²) in [6.45, 7) is 1.32. The maximum Gasteiger partial charge on any atom is 0.335 e. The summed E-state index contributed by atoms with van der Waals surface area (Å²) in [6, 6.07) is 3.87. The van der Waals surface area contributed by atoms with E-state index in [0.29, 0.717) is 0 Å². The number of benzene rings is 1. The summed E-state index contributed by atoms with van der Waals surface area (Å²) in [5.74, 6) is -2.28. The highest BCUT2D eigenvalue weighted by Gasteiger charge is 2.14. The van der Waals surface area contributed by atoms with E-state index in [4.69, 9.17) is 10.2 Å².